The summed E-state index contributed by atoms with van der Waals surface area (Å²) in [7, 11) is 0. The van der Waals surface area contributed by atoms with Gasteiger partial charge in [-0.05, 0) is 48.0 Å². The van der Waals surface area contributed by atoms with Gasteiger partial charge in [-0.25, -0.2) is 9.69 Å². The van der Waals surface area contributed by atoms with Crippen LogP contribution in [0, 0.1) is 0 Å². The highest BCUT2D eigenvalue weighted by molar-refractivity contribution is 6.33. The van der Waals surface area contributed by atoms with Gasteiger partial charge in [0, 0.05) is 22.7 Å². The average Bonchev–Trinajstić information content (AvgIpc) is 3.07. The number of hydrogen-bond acceptors (Lipinski definition) is 4. The van der Waals surface area contributed by atoms with Crippen LogP contribution < -0.4 is 15.0 Å². The second-order valence-electron chi connectivity index (χ2n) is 7.39. The molecule has 1 aliphatic heterocycles. The zero-order chi connectivity index (χ0) is 23.8. The number of halogens is 4. The van der Waals surface area contributed by atoms with E-state index < -0.39 is 36.0 Å². The van der Waals surface area contributed by atoms with Gasteiger partial charge in [-0.1, -0.05) is 36.7 Å². The van der Waals surface area contributed by atoms with Crippen molar-refractivity contribution in [1.82, 2.24) is 10.3 Å². The third-order valence-corrected chi connectivity index (χ3v) is 5.59. The molecule has 4 rings (SSSR count). The number of carbonyl (C=O) groups excluding carboxylic acids is 2. The van der Waals surface area contributed by atoms with E-state index in [0.29, 0.717) is 10.7 Å². The van der Waals surface area contributed by atoms with Crippen molar-refractivity contribution in [2.24, 2.45) is 0 Å². The van der Waals surface area contributed by atoms with Crippen LogP contribution in [0.2, 0.25) is 5.02 Å². The number of aromatic nitrogens is 1. The van der Waals surface area contributed by atoms with Crippen LogP contribution in [0.3, 0.4) is 0 Å². The van der Waals surface area contributed by atoms with E-state index in [4.69, 9.17) is 11.6 Å². The minimum absolute atomic E-state index is 0.133. The predicted molar refractivity (Wildman–Crippen MR) is 116 cm³/mol. The molecule has 6 nitrogen and oxygen atoms in total. The van der Waals surface area contributed by atoms with E-state index in [1.807, 2.05) is 12.1 Å². The summed E-state index contributed by atoms with van der Waals surface area (Å²) < 4.78 is 40.9. The van der Waals surface area contributed by atoms with E-state index in [9.17, 15) is 22.8 Å². The summed E-state index contributed by atoms with van der Waals surface area (Å²) in [5.41, 5.74) is 2.25. The fraction of sp³-hybridized carbons (Fsp3) is 0.174. The van der Waals surface area contributed by atoms with E-state index in [1.54, 1.807) is 37.4 Å². The fourth-order valence-electron chi connectivity index (χ4n) is 3.62. The Morgan fingerprint density at radius 1 is 1.09 bits per heavy atom. The van der Waals surface area contributed by atoms with Crippen molar-refractivity contribution in [3.8, 4) is 17.0 Å². The summed E-state index contributed by atoms with van der Waals surface area (Å²) in [6, 6.07) is 13.7. The zero-order valence-corrected chi connectivity index (χ0v) is 17.9. The first-order chi connectivity index (χ1) is 15.6. The van der Waals surface area contributed by atoms with Crippen molar-refractivity contribution in [3.63, 3.8) is 0 Å². The summed E-state index contributed by atoms with van der Waals surface area (Å²) >= 11 is 6.26. The lowest BCUT2D eigenvalue weighted by atomic mass is 9.92. The number of amides is 3. The first kappa shape index (κ1) is 22.6. The van der Waals surface area contributed by atoms with Gasteiger partial charge >= 0.3 is 12.4 Å². The van der Waals surface area contributed by atoms with Crippen molar-refractivity contribution in [3.05, 3.63) is 77.4 Å². The lowest BCUT2D eigenvalue weighted by Crippen LogP contribution is -2.34. The van der Waals surface area contributed by atoms with Crippen molar-refractivity contribution in [2.45, 2.75) is 25.2 Å². The van der Waals surface area contributed by atoms with Gasteiger partial charge in [-0.15, -0.1) is 13.2 Å². The minimum atomic E-state index is -4.84. The number of imide groups is 1. The summed E-state index contributed by atoms with van der Waals surface area (Å²) in [5.74, 6) is -1.39. The van der Waals surface area contributed by atoms with Crippen LogP contribution in [0.5, 0.6) is 5.75 Å². The van der Waals surface area contributed by atoms with Crippen LogP contribution in [-0.2, 0) is 4.79 Å². The molecule has 0 saturated carbocycles. The molecule has 3 amide bonds. The summed E-state index contributed by atoms with van der Waals surface area (Å²) in [6.07, 6.45) is -3.24. The number of nitrogens with zero attached hydrogens (tertiary/aromatic N) is 2. The van der Waals surface area contributed by atoms with Gasteiger partial charge in [0.25, 0.3) is 5.91 Å². The Labute approximate surface area is 191 Å². The Kier molecular flexibility index (Phi) is 5.99. The van der Waals surface area contributed by atoms with Crippen molar-refractivity contribution in [1.29, 1.82) is 0 Å². The highest BCUT2D eigenvalue weighted by Gasteiger charge is 2.42. The number of rotatable bonds is 5. The molecule has 2 heterocycles. The van der Waals surface area contributed by atoms with Crippen molar-refractivity contribution >= 4 is 29.2 Å². The summed E-state index contributed by atoms with van der Waals surface area (Å²) in [4.78, 5) is 30.8. The highest BCUT2D eigenvalue weighted by Crippen LogP contribution is 2.32. The zero-order valence-electron chi connectivity index (χ0n) is 17.1. The fourth-order valence-corrected chi connectivity index (χ4v) is 3.85. The maximum Gasteiger partial charge on any atom is 0.573 e. The SMILES string of the molecule is CC(c1ccnc(-c2ccccc2Cl)c1)C1NC(=O)N(c2ccc(OC(F)(F)F)cc2)C1=O. The molecule has 0 spiro atoms. The molecule has 170 valence electrons. The van der Waals surface area contributed by atoms with Gasteiger partial charge < -0.3 is 10.1 Å². The standard InChI is InChI=1S/C23H17ClF3N3O3/c1-13(14-10-11-28-19(12-14)17-4-2-3-5-18(17)24)20-21(31)30(22(32)29-20)15-6-8-16(9-7-15)33-23(25,26)27/h2-13,20H,1H3,(H,29,32). The molecule has 3 aromatic rings. The Hall–Kier alpha value is -3.59. The monoisotopic (exact) mass is 475 g/mol. The molecule has 1 aromatic heterocycles. The highest BCUT2D eigenvalue weighted by atomic mass is 35.5. The number of anilines is 1. The van der Waals surface area contributed by atoms with Gasteiger partial charge in [-0.2, -0.15) is 0 Å². The summed E-state index contributed by atoms with van der Waals surface area (Å²) in [6.45, 7) is 1.79. The third-order valence-electron chi connectivity index (χ3n) is 5.26. The Morgan fingerprint density at radius 3 is 2.45 bits per heavy atom. The average molecular weight is 476 g/mol. The maximum atomic E-state index is 13.0. The van der Waals surface area contributed by atoms with Crippen LogP contribution in [0.15, 0.2) is 66.9 Å². The molecule has 1 N–H and O–H groups in total. The third kappa shape index (κ3) is 4.78. The lowest BCUT2D eigenvalue weighted by Gasteiger charge is -2.19. The van der Waals surface area contributed by atoms with Crippen molar-refractivity contribution < 1.29 is 27.5 Å². The van der Waals surface area contributed by atoms with Crippen LogP contribution in [0.1, 0.15) is 18.4 Å². The van der Waals surface area contributed by atoms with E-state index in [1.165, 1.54) is 12.1 Å². The normalized spacial score (nSPS) is 17.1. The predicted octanol–water partition coefficient (Wildman–Crippen LogP) is 5.53. The molecule has 0 aliphatic carbocycles. The van der Waals surface area contributed by atoms with Crippen LogP contribution in [0.4, 0.5) is 23.7 Å². The summed E-state index contributed by atoms with van der Waals surface area (Å²) in [5, 5.41) is 3.19. The Bertz CT molecular complexity index is 1200. The number of alkyl halides is 3. The molecule has 2 atom stereocenters. The topological polar surface area (TPSA) is 71.5 Å². The number of carbonyl (C=O) groups is 2. The van der Waals surface area contributed by atoms with Crippen molar-refractivity contribution in [2.75, 3.05) is 4.90 Å². The second kappa shape index (κ2) is 8.74. The molecule has 1 aliphatic rings. The molecule has 1 fully saturated rings. The molecule has 0 bridgehead atoms. The van der Waals surface area contributed by atoms with Crippen LogP contribution >= 0.6 is 11.6 Å². The molecule has 1 saturated heterocycles. The maximum absolute atomic E-state index is 13.0. The van der Waals surface area contributed by atoms with E-state index in [-0.39, 0.29) is 5.69 Å². The van der Waals surface area contributed by atoms with E-state index >= 15 is 0 Å². The molecule has 0 radical (unpaired) electrons. The molecule has 33 heavy (non-hydrogen) atoms. The van der Waals surface area contributed by atoms with Crippen LogP contribution in [-0.4, -0.2) is 29.3 Å². The number of nitrogens with one attached hydrogen (secondary N) is 1. The Balaban J connectivity index is 1.55. The molecule has 2 aromatic carbocycles. The number of urea groups is 1. The van der Waals surface area contributed by atoms with Gasteiger partial charge in [0.05, 0.1) is 11.4 Å². The van der Waals surface area contributed by atoms with Gasteiger partial charge in [0.15, 0.2) is 0 Å². The number of pyridine rings is 1. The quantitative estimate of drug-likeness (QED) is 0.493. The largest absolute Gasteiger partial charge is 0.573 e. The molecule has 2 unspecified atom stereocenters. The minimum Gasteiger partial charge on any atom is -0.406 e. The smallest absolute Gasteiger partial charge is 0.406 e. The van der Waals surface area contributed by atoms with Gasteiger partial charge in [0.1, 0.15) is 11.8 Å². The molecular formula is C23H17ClF3N3O3. The number of ether oxygens (including phenoxy) is 1. The van der Waals surface area contributed by atoms with E-state index in [2.05, 4.69) is 15.0 Å². The van der Waals surface area contributed by atoms with E-state index in [0.717, 1.165) is 28.2 Å². The molecular weight excluding hydrogens is 459 g/mol. The van der Waals surface area contributed by atoms with Crippen LogP contribution in [0.25, 0.3) is 11.3 Å². The number of hydrogen-bond donors (Lipinski definition) is 1. The first-order valence-electron chi connectivity index (χ1n) is 9.85. The van der Waals surface area contributed by atoms with Gasteiger partial charge in [0.2, 0.25) is 0 Å². The number of benzene rings is 2. The molecule has 10 heteroatoms. The Morgan fingerprint density at radius 2 is 1.79 bits per heavy atom. The lowest BCUT2D eigenvalue weighted by molar-refractivity contribution is -0.274. The van der Waals surface area contributed by atoms with Gasteiger partial charge in [-0.3, -0.25) is 9.78 Å². The first-order valence-corrected chi connectivity index (χ1v) is 10.2. The second-order valence-corrected chi connectivity index (χ2v) is 7.79.